The van der Waals surface area contributed by atoms with Gasteiger partial charge >= 0.3 is 0 Å². The molecule has 2 N–H and O–H groups in total. The highest BCUT2D eigenvalue weighted by Gasteiger charge is 2.08. The number of nitrogens with zero attached hydrogens (tertiary/aromatic N) is 2. The Bertz CT molecular complexity index is 540. The van der Waals surface area contributed by atoms with Gasteiger partial charge in [0.15, 0.2) is 0 Å². The van der Waals surface area contributed by atoms with E-state index in [2.05, 4.69) is 41.8 Å². The molecule has 0 amide bonds. The van der Waals surface area contributed by atoms with Gasteiger partial charge in [-0.3, -0.25) is 0 Å². The van der Waals surface area contributed by atoms with Crippen LogP contribution in [-0.2, 0) is 5.75 Å². The average Bonchev–Trinajstić information content (AvgIpc) is 2.27. The van der Waals surface area contributed by atoms with Crippen LogP contribution in [0.3, 0.4) is 0 Å². The number of anilines is 1. The van der Waals surface area contributed by atoms with Gasteiger partial charge in [-0.2, -0.15) is 0 Å². The van der Waals surface area contributed by atoms with Crippen LogP contribution in [0.5, 0.6) is 0 Å². The number of rotatable bonds is 3. The average molecular weight is 410 g/mol. The van der Waals surface area contributed by atoms with E-state index < -0.39 is 0 Å². The summed E-state index contributed by atoms with van der Waals surface area (Å²) in [6.45, 7) is 0. The van der Waals surface area contributed by atoms with E-state index in [1.54, 1.807) is 0 Å². The molecule has 0 fully saturated rings. The van der Waals surface area contributed by atoms with E-state index in [4.69, 9.17) is 17.3 Å². The van der Waals surface area contributed by atoms with Gasteiger partial charge in [-0.05, 0) is 23.8 Å². The largest absolute Gasteiger partial charge is 0.383 e. The lowest BCUT2D eigenvalue weighted by atomic mass is 10.2. The first-order valence-corrected chi connectivity index (χ1v) is 7.85. The zero-order valence-corrected chi connectivity index (χ0v) is 13.8. The molecule has 0 aliphatic heterocycles. The van der Waals surface area contributed by atoms with Crippen molar-refractivity contribution in [2.24, 2.45) is 0 Å². The second-order valence-corrected chi connectivity index (χ2v) is 6.62. The lowest BCUT2D eigenvalue weighted by Gasteiger charge is -2.06. The van der Waals surface area contributed by atoms with Crippen molar-refractivity contribution in [2.45, 2.75) is 10.6 Å². The fourth-order valence-corrected chi connectivity index (χ4v) is 3.89. The van der Waals surface area contributed by atoms with Crippen LogP contribution >= 0.6 is 55.2 Å². The first-order valence-electron chi connectivity index (χ1n) is 4.90. The summed E-state index contributed by atoms with van der Waals surface area (Å²) in [7, 11) is 0. The Morgan fingerprint density at radius 1 is 1.17 bits per heavy atom. The van der Waals surface area contributed by atoms with Crippen molar-refractivity contribution in [3.8, 4) is 0 Å². The number of nitrogen functional groups attached to an aromatic ring is 1. The van der Waals surface area contributed by atoms with Crippen LogP contribution in [0, 0.1) is 0 Å². The van der Waals surface area contributed by atoms with Crippen LogP contribution in [0.25, 0.3) is 0 Å². The molecule has 0 aliphatic carbocycles. The number of thioether (sulfide) groups is 1. The van der Waals surface area contributed by atoms with Gasteiger partial charge < -0.3 is 5.73 Å². The minimum atomic E-state index is 0.390. The lowest BCUT2D eigenvalue weighted by Crippen LogP contribution is -1.95. The Kier molecular flexibility index (Phi) is 4.89. The number of aromatic nitrogens is 2. The van der Waals surface area contributed by atoms with Crippen LogP contribution in [0.15, 0.2) is 38.4 Å². The molecule has 7 heteroatoms. The van der Waals surface area contributed by atoms with E-state index >= 15 is 0 Å². The summed E-state index contributed by atoms with van der Waals surface area (Å²) in [6, 6.07) is 6.08. The predicted molar refractivity (Wildman–Crippen MR) is 82.9 cm³/mol. The molecule has 0 atom stereocenters. The summed E-state index contributed by atoms with van der Waals surface area (Å²) < 4.78 is 2.05. The second kappa shape index (κ2) is 6.23. The van der Waals surface area contributed by atoms with Crippen molar-refractivity contribution in [3.63, 3.8) is 0 Å². The molecule has 94 valence electrons. The Morgan fingerprint density at radius 3 is 2.44 bits per heavy atom. The maximum Gasteiger partial charge on any atom is 0.148 e. The molecule has 0 unspecified atom stereocenters. The summed E-state index contributed by atoms with van der Waals surface area (Å²) >= 11 is 14.4. The van der Waals surface area contributed by atoms with E-state index in [-0.39, 0.29) is 0 Å². The molecule has 0 spiro atoms. The molecular formula is C11H8Br2ClN3S. The van der Waals surface area contributed by atoms with Crippen molar-refractivity contribution in [1.82, 2.24) is 9.97 Å². The monoisotopic (exact) mass is 407 g/mol. The first-order chi connectivity index (χ1) is 8.56. The molecule has 2 rings (SSSR count). The van der Waals surface area contributed by atoms with Gasteiger partial charge in [0.25, 0.3) is 0 Å². The summed E-state index contributed by atoms with van der Waals surface area (Å²) in [6.07, 6.45) is 1.36. The summed E-state index contributed by atoms with van der Waals surface area (Å²) in [5.41, 5.74) is 6.92. The van der Waals surface area contributed by atoms with Gasteiger partial charge in [-0.25, -0.2) is 9.97 Å². The van der Waals surface area contributed by atoms with Gasteiger partial charge in [-0.1, -0.05) is 43.5 Å². The molecule has 3 nitrogen and oxygen atoms in total. The smallest absolute Gasteiger partial charge is 0.148 e. The topological polar surface area (TPSA) is 51.8 Å². The van der Waals surface area contributed by atoms with E-state index in [1.165, 1.54) is 18.1 Å². The van der Waals surface area contributed by atoms with Crippen LogP contribution in [0.2, 0.25) is 5.15 Å². The third kappa shape index (κ3) is 3.60. The number of hydrogen-bond donors (Lipinski definition) is 1. The molecule has 1 aromatic heterocycles. The highest BCUT2D eigenvalue weighted by Crippen LogP contribution is 2.33. The lowest BCUT2D eigenvalue weighted by molar-refractivity contribution is 1.11. The van der Waals surface area contributed by atoms with Crippen LogP contribution in [-0.4, -0.2) is 9.97 Å². The first kappa shape index (κ1) is 14.1. The number of benzene rings is 1. The second-order valence-electron chi connectivity index (χ2n) is 3.45. The van der Waals surface area contributed by atoms with Gasteiger partial charge in [0.2, 0.25) is 0 Å². The Hall–Kier alpha value is -0.300. The quantitative estimate of drug-likeness (QED) is 0.598. The summed E-state index contributed by atoms with van der Waals surface area (Å²) in [5.74, 6) is 1.16. The van der Waals surface area contributed by atoms with Crippen molar-refractivity contribution in [3.05, 3.63) is 44.2 Å². The van der Waals surface area contributed by atoms with E-state index in [1.807, 2.05) is 18.2 Å². The molecule has 0 saturated heterocycles. The van der Waals surface area contributed by atoms with Crippen molar-refractivity contribution >= 4 is 61.0 Å². The predicted octanol–water partition coefficient (Wildman–Crippen LogP) is 4.53. The number of hydrogen-bond acceptors (Lipinski definition) is 4. The summed E-state index contributed by atoms with van der Waals surface area (Å²) in [5, 5.41) is 0.390. The number of nitrogens with two attached hydrogens (primary N) is 1. The minimum absolute atomic E-state index is 0.390. The third-order valence-corrected chi connectivity index (χ3v) is 4.58. The minimum Gasteiger partial charge on any atom is -0.383 e. The normalized spacial score (nSPS) is 10.6. The van der Waals surface area contributed by atoms with Crippen LogP contribution in [0.4, 0.5) is 5.82 Å². The Labute approximate surface area is 131 Å². The molecule has 0 bridgehead atoms. The maximum atomic E-state index is 5.99. The van der Waals surface area contributed by atoms with E-state index in [9.17, 15) is 0 Å². The molecule has 18 heavy (non-hydrogen) atoms. The zero-order valence-electron chi connectivity index (χ0n) is 9.03. The molecular weight excluding hydrogens is 401 g/mol. The Morgan fingerprint density at radius 2 is 1.83 bits per heavy atom. The number of halogens is 3. The molecule has 0 radical (unpaired) electrons. The fourth-order valence-electron chi connectivity index (χ4n) is 1.35. The fraction of sp³-hybridized carbons (Fsp3) is 0.0909. The van der Waals surface area contributed by atoms with Crippen molar-refractivity contribution in [1.29, 1.82) is 0 Å². The SMILES string of the molecule is Nc1ncnc(Cl)c1SCc1cc(Br)cc(Br)c1. The van der Waals surface area contributed by atoms with E-state index in [0.717, 1.165) is 25.2 Å². The summed E-state index contributed by atoms with van der Waals surface area (Å²) in [4.78, 5) is 8.57. The molecule has 2 aromatic rings. The van der Waals surface area contributed by atoms with Crippen molar-refractivity contribution < 1.29 is 0 Å². The third-order valence-electron chi connectivity index (χ3n) is 2.09. The van der Waals surface area contributed by atoms with Gasteiger partial charge in [0.1, 0.15) is 17.3 Å². The van der Waals surface area contributed by atoms with Gasteiger partial charge in [0.05, 0.1) is 4.90 Å². The Balaban J connectivity index is 2.16. The van der Waals surface area contributed by atoms with Crippen LogP contribution in [0.1, 0.15) is 5.56 Å². The molecule has 1 heterocycles. The van der Waals surface area contributed by atoms with Crippen molar-refractivity contribution in [2.75, 3.05) is 5.73 Å². The van der Waals surface area contributed by atoms with Gasteiger partial charge in [-0.15, -0.1) is 11.8 Å². The zero-order chi connectivity index (χ0) is 13.1. The highest BCUT2D eigenvalue weighted by molar-refractivity contribution is 9.11. The standard InChI is InChI=1S/C11H8Br2ClN3S/c12-7-1-6(2-8(13)3-7)4-18-9-10(14)16-5-17-11(9)15/h1-3,5H,4H2,(H2,15,16,17). The molecule has 0 aliphatic rings. The van der Waals surface area contributed by atoms with Gasteiger partial charge in [0, 0.05) is 14.7 Å². The highest BCUT2D eigenvalue weighted by atomic mass is 79.9. The molecule has 1 aromatic carbocycles. The van der Waals surface area contributed by atoms with E-state index in [0.29, 0.717) is 11.0 Å². The molecule has 0 saturated carbocycles. The maximum absolute atomic E-state index is 5.99. The van der Waals surface area contributed by atoms with Crippen LogP contribution < -0.4 is 5.73 Å².